The van der Waals surface area contributed by atoms with Gasteiger partial charge in [-0.25, -0.2) is 4.90 Å². The lowest BCUT2D eigenvalue weighted by Gasteiger charge is -2.12. The number of hydrogen-bond donors (Lipinski definition) is 1. The SMILES string of the molecule is O=C(O)CSC1CC(=O)N(C2=NCCS2)C1=O. The van der Waals surface area contributed by atoms with Gasteiger partial charge in [0, 0.05) is 12.2 Å². The summed E-state index contributed by atoms with van der Waals surface area (Å²) in [6.45, 7) is 0.615. The van der Waals surface area contributed by atoms with Gasteiger partial charge in [0.15, 0.2) is 5.17 Å². The first-order valence-corrected chi connectivity index (χ1v) is 7.00. The summed E-state index contributed by atoms with van der Waals surface area (Å²) in [5.74, 6) is -1.00. The molecule has 2 aliphatic rings. The van der Waals surface area contributed by atoms with Crippen molar-refractivity contribution in [1.29, 1.82) is 0 Å². The maximum Gasteiger partial charge on any atom is 0.313 e. The van der Waals surface area contributed by atoms with Gasteiger partial charge in [0.2, 0.25) is 11.8 Å². The van der Waals surface area contributed by atoms with E-state index in [2.05, 4.69) is 4.99 Å². The zero-order valence-corrected chi connectivity index (χ0v) is 10.4. The van der Waals surface area contributed by atoms with E-state index < -0.39 is 11.2 Å². The number of imide groups is 1. The monoisotopic (exact) mass is 274 g/mol. The number of nitrogens with zero attached hydrogens (tertiary/aromatic N) is 2. The van der Waals surface area contributed by atoms with Crippen molar-refractivity contribution < 1.29 is 19.5 Å². The summed E-state index contributed by atoms with van der Waals surface area (Å²) < 4.78 is 0. The fraction of sp³-hybridized carbons (Fsp3) is 0.556. The molecule has 0 aromatic carbocycles. The molecule has 0 spiro atoms. The van der Waals surface area contributed by atoms with E-state index in [9.17, 15) is 14.4 Å². The highest BCUT2D eigenvalue weighted by Gasteiger charge is 2.42. The Kier molecular flexibility index (Phi) is 3.72. The van der Waals surface area contributed by atoms with Gasteiger partial charge in [-0.1, -0.05) is 11.8 Å². The van der Waals surface area contributed by atoms with Crippen LogP contribution in [0.5, 0.6) is 0 Å². The smallest absolute Gasteiger partial charge is 0.313 e. The molecule has 0 aliphatic carbocycles. The van der Waals surface area contributed by atoms with E-state index in [0.29, 0.717) is 11.7 Å². The number of aliphatic imine (C=N–C) groups is 1. The molecule has 0 saturated carbocycles. The Morgan fingerprint density at radius 1 is 1.59 bits per heavy atom. The van der Waals surface area contributed by atoms with Gasteiger partial charge in [0.25, 0.3) is 0 Å². The molecule has 0 aromatic heterocycles. The van der Waals surface area contributed by atoms with Crippen LogP contribution < -0.4 is 0 Å². The van der Waals surface area contributed by atoms with Crippen LogP contribution in [0.15, 0.2) is 4.99 Å². The first kappa shape index (κ1) is 12.4. The third-order valence-electron chi connectivity index (χ3n) is 2.27. The largest absolute Gasteiger partial charge is 0.481 e. The van der Waals surface area contributed by atoms with Crippen LogP contribution in [-0.4, -0.2) is 56.3 Å². The first-order chi connectivity index (χ1) is 8.09. The summed E-state index contributed by atoms with van der Waals surface area (Å²) in [4.78, 5) is 39.2. The number of carboxylic acids is 1. The van der Waals surface area contributed by atoms with Crippen molar-refractivity contribution in [3.63, 3.8) is 0 Å². The minimum atomic E-state index is -0.985. The van der Waals surface area contributed by atoms with Crippen molar-refractivity contribution in [2.45, 2.75) is 11.7 Å². The summed E-state index contributed by atoms with van der Waals surface area (Å²) in [5, 5.41) is 8.42. The molecule has 1 N–H and O–H groups in total. The lowest BCUT2D eigenvalue weighted by molar-refractivity contribution is -0.134. The number of carbonyl (C=O) groups excluding carboxylic acids is 2. The minimum Gasteiger partial charge on any atom is -0.481 e. The van der Waals surface area contributed by atoms with E-state index in [-0.39, 0.29) is 24.0 Å². The van der Waals surface area contributed by atoms with Crippen LogP contribution in [0.4, 0.5) is 0 Å². The predicted molar refractivity (Wildman–Crippen MR) is 65.1 cm³/mol. The Morgan fingerprint density at radius 3 is 2.94 bits per heavy atom. The van der Waals surface area contributed by atoms with Gasteiger partial charge >= 0.3 is 5.97 Å². The number of amidine groups is 1. The summed E-state index contributed by atoms with van der Waals surface area (Å²) in [6.07, 6.45) is 0.0658. The second-order valence-electron chi connectivity index (χ2n) is 3.48. The molecule has 17 heavy (non-hydrogen) atoms. The van der Waals surface area contributed by atoms with E-state index in [1.165, 1.54) is 11.8 Å². The van der Waals surface area contributed by atoms with E-state index in [0.717, 1.165) is 22.4 Å². The van der Waals surface area contributed by atoms with E-state index in [4.69, 9.17) is 5.11 Å². The Hall–Kier alpha value is -1.02. The number of likely N-dealkylation sites (tertiary alicyclic amines) is 1. The molecule has 2 rings (SSSR count). The fourth-order valence-electron chi connectivity index (χ4n) is 1.57. The lowest BCUT2D eigenvalue weighted by Crippen LogP contribution is -2.35. The number of aliphatic carboxylic acids is 1. The third-order valence-corrected chi connectivity index (χ3v) is 4.41. The molecule has 92 valence electrons. The second-order valence-corrected chi connectivity index (χ2v) is 5.73. The molecule has 0 aromatic rings. The van der Waals surface area contributed by atoms with Gasteiger partial charge in [0.05, 0.1) is 17.5 Å². The zero-order valence-electron chi connectivity index (χ0n) is 8.79. The molecular weight excluding hydrogens is 264 g/mol. The summed E-state index contributed by atoms with van der Waals surface area (Å²) in [7, 11) is 0. The maximum atomic E-state index is 11.9. The van der Waals surface area contributed by atoms with Crippen LogP contribution in [0.3, 0.4) is 0 Å². The first-order valence-electron chi connectivity index (χ1n) is 4.97. The number of carboxylic acid groups (broad SMARTS) is 1. The van der Waals surface area contributed by atoms with E-state index >= 15 is 0 Å². The molecule has 2 amide bonds. The average molecular weight is 274 g/mol. The zero-order chi connectivity index (χ0) is 12.4. The van der Waals surface area contributed by atoms with Gasteiger partial charge in [0.1, 0.15) is 0 Å². The van der Waals surface area contributed by atoms with Gasteiger partial charge in [-0.15, -0.1) is 11.8 Å². The number of hydrogen-bond acceptors (Lipinski definition) is 6. The van der Waals surface area contributed by atoms with Gasteiger partial charge in [-0.3, -0.25) is 19.4 Å². The Morgan fingerprint density at radius 2 is 2.35 bits per heavy atom. The molecule has 1 unspecified atom stereocenters. The van der Waals surface area contributed by atoms with Crippen LogP contribution in [0.25, 0.3) is 0 Å². The molecule has 1 saturated heterocycles. The molecule has 2 heterocycles. The molecule has 6 nitrogen and oxygen atoms in total. The second kappa shape index (κ2) is 5.09. The molecule has 2 aliphatic heterocycles. The molecule has 1 fully saturated rings. The quantitative estimate of drug-likeness (QED) is 0.731. The summed E-state index contributed by atoms with van der Waals surface area (Å²) in [6, 6.07) is 0. The van der Waals surface area contributed by atoms with Crippen molar-refractivity contribution >= 4 is 46.5 Å². The van der Waals surface area contributed by atoms with Crippen molar-refractivity contribution in [1.82, 2.24) is 4.90 Å². The minimum absolute atomic E-state index is 0.0658. The summed E-state index contributed by atoms with van der Waals surface area (Å²) in [5.41, 5.74) is 0. The Bertz CT molecular complexity index is 410. The third kappa shape index (κ3) is 2.63. The Balaban J connectivity index is 2.03. The van der Waals surface area contributed by atoms with Crippen LogP contribution in [0.2, 0.25) is 0 Å². The van der Waals surface area contributed by atoms with Gasteiger partial charge in [-0.2, -0.15) is 0 Å². The lowest BCUT2D eigenvalue weighted by atomic mass is 10.4. The van der Waals surface area contributed by atoms with Crippen LogP contribution in [0, 0.1) is 0 Å². The number of thioether (sulfide) groups is 2. The fourth-order valence-corrected chi connectivity index (χ4v) is 3.29. The van der Waals surface area contributed by atoms with Gasteiger partial charge < -0.3 is 5.11 Å². The molecular formula is C9H10N2O4S2. The number of carbonyl (C=O) groups is 3. The molecule has 0 bridgehead atoms. The van der Waals surface area contributed by atoms with Gasteiger partial charge in [-0.05, 0) is 0 Å². The highest BCUT2D eigenvalue weighted by molar-refractivity contribution is 8.14. The highest BCUT2D eigenvalue weighted by atomic mass is 32.2. The average Bonchev–Trinajstić information content (AvgIpc) is 2.84. The van der Waals surface area contributed by atoms with E-state index in [1.54, 1.807) is 0 Å². The van der Waals surface area contributed by atoms with Crippen molar-refractivity contribution in [3.05, 3.63) is 0 Å². The van der Waals surface area contributed by atoms with Crippen LogP contribution in [0.1, 0.15) is 6.42 Å². The van der Waals surface area contributed by atoms with Crippen molar-refractivity contribution in [3.8, 4) is 0 Å². The van der Waals surface area contributed by atoms with Crippen LogP contribution in [-0.2, 0) is 14.4 Å². The Labute approximate surface area is 106 Å². The standard InChI is InChI=1S/C9H10N2O4S2/c12-6-3-5(17-4-7(13)14)8(15)11(6)9-10-1-2-16-9/h5H,1-4H2,(H,13,14). The highest BCUT2D eigenvalue weighted by Crippen LogP contribution is 2.28. The molecule has 1 atom stereocenters. The van der Waals surface area contributed by atoms with Crippen LogP contribution >= 0.6 is 23.5 Å². The van der Waals surface area contributed by atoms with Crippen molar-refractivity contribution in [2.24, 2.45) is 4.99 Å². The molecule has 0 radical (unpaired) electrons. The van der Waals surface area contributed by atoms with E-state index in [1.807, 2.05) is 0 Å². The molecule has 8 heteroatoms. The van der Waals surface area contributed by atoms with Crippen molar-refractivity contribution in [2.75, 3.05) is 18.1 Å². The predicted octanol–water partition coefficient (Wildman–Crippen LogP) is 0.0345. The number of amides is 2. The maximum absolute atomic E-state index is 11.9. The summed E-state index contributed by atoms with van der Waals surface area (Å²) >= 11 is 2.37. The number of rotatable bonds is 3. The normalized spacial score (nSPS) is 24.4. The topological polar surface area (TPSA) is 87.0 Å².